The Balaban J connectivity index is 2.36. The van der Waals surface area contributed by atoms with Crippen LogP contribution >= 0.6 is 11.6 Å². The summed E-state index contributed by atoms with van der Waals surface area (Å²) in [6.07, 6.45) is 3.16. The van der Waals surface area contributed by atoms with E-state index in [0.717, 1.165) is 5.69 Å². The average Bonchev–Trinajstić information content (AvgIpc) is 2.95. The lowest BCUT2D eigenvalue weighted by Gasteiger charge is -2.10. The predicted octanol–water partition coefficient (Wildman–Crippen LogP) is 2.52. The lowest BCUT2D eigenvalue weighted by atomic mass is 10.1. The molecule has 20 heavy (non-hydrogen) atoms. The molecule has 1 aromatic heterocycles. The van der Waals surface area contributed by atoms with Crippen molar-refractivity contribution < 1.29 is 14.3 Å². The molecule has 1 unspecified atom stereocenters. The Labute approximate surface area is 121 Å². The monoisotopic (exact) mass is 292 g/mol. The average molecular weight is 293 g/mol. The van der Waals surface area contributed by atoms with E-state index in [1.54, 1.807) is 35.0 Å². The van der Waals surface area contributed by atoms with Gasteiger partial charge in [0.1, 0.15) is 5.92 Å². The number of hydrogen-bond donors (Lipinski definition) is 0. The maximum atomic E-state index is 12.3. The van der Waals surface area contributed by atoms with Crippen molar-refractivity contribution in [2.45, 2.75) is 6.92 Å². The number of benzene rings is 1. The molecule has 0 saturated carbocycles. The highest BCUT2D eigenvalue weighted by atomic mass is 35.5. The van der Waals surface area contributed by atoms with Gasteiger partial charge in [-0.25, -0.2) is 4.98 Å². The summed E-state index contributed by atoms with van der Waals surface area (Å²) in [5.41, 5.74) is 0.743. The number of ether oxygens (including phenoxy) is 1. The number of Topliss-reactive ketones (excluding diaryl/α,β-unsaturated/α-hetero) is 1. The zero-order valence-electron chi connectivity index (χ0n) is 11.0. The van der Waals surface area contributed by atoms with Crippen molar-refractivity contribution in [3.63, 3.8) is 0 Å². The first kappa shape index (κ1) is 14.3. The lowest BCUT2D eigenvalue weighted by molar-refractivity contribution is -0.143. The summed E-state index contributed by atoms with van der Waals surface area (Å²) in [6.45, 7) is 1.50. The largest absolute Gasteiger partial charge is 0.468 e. The van der Waals surface area contributed by atoms with E-state index in [-0.39, 0.29) is 5.82 Å². The molecule has 0 aliphatic rings. The van der Waals surface area contributed by atoms with E-state index in [2.05, 4.69) is 9.72 Å². The Kier molecular flexibility index (Phi) is 4.20. The number of methoxy groups -OCH3 is 1. The Morgan fingerprint density at radius 2 is 1.95 bits per heavy atom. The fourth-order valence-electron chi connectivity index (χ4n) is 1.77. The molecule has 0 fully saturated rings. The molecule has 0 aliphatic heterocycles. The molecule has 2 aromatic rings. The summed E-state index contributed by atoms with van der Waals surface area (Å²) in [5.74, 6) is -1.68. The quantitative estimate of drug-likeness (QED) is 0.493. The van der Waals surface area contributed by atoms with Gasteiger partial charge in [0, 0.05) is 23.1 Å². The van der Waals surface area contributed by atoms with Crippen LogP contribution in [0.15, 0.2) is 36.7 Å². The minimum atomic E-state index is -0.895. The molecule has 0 aliphatic carbocycles. The summed E-state index contributed by atoms with van der Waals surface area (Å²) in [6, 6.07) is 6.97. The van der Waals surface area contributed by atoms with Crippen LogP contribution in [-0.2, 0) is 9.53 Å². The molecule has 1 heterocycles. The minimum absolute atomic E-state index is 0.185. The van der Waals surface area contributed by atoms with Gasteiger partial charge in [-0.1, -0.05) is 11.6 Å². The molecule has 0 bridgehead atoms. The topological polar surface area (TPSA) is 61.2 Å². The number of imidazole rings is 1. The standard InChI is InChI=1S/C14H13ClN2O3/c1-9(14(19)20-2)12(18)13-16-7-8-17(13)11-5-3-10(15)4-6-11/h3-9H,1-2H3. The molecule has 0 N–H and O–H groups in total. The number of aromatic nitrogens is 2. The number of rotatable bonds is 4. The van der Waals surface area contributed by atoms with Crippen LogP contribution in [0.2, 0.25) is 5.02 Å². The first-order valence-corrected chi connectivity index (χ1v) is 6.33. The van der Waals surface area contributed by atoms with Crippen molar-refractivity contribution in [3.8, 4) is 5.69 Å². The van der Waals surface area contributed by atoms with Crippen LogP contribution in [0.25, 0.3) is 5.69 Å². The van der Waals surface area contributed by atoms with Crippen LogP contribution in [0.5, 0.6) is 0 Å². The summed E-state index contributed by atoms with van der Waals surface area (Å²) in [7, 11) is 1.25. The van der Waals surface area contributed by atoms with Crippen molar-refractivity contribution in [1.29, 1.82) is 0 Å². The molecular formula is C14H13ClN2O3. The summed E-state index contributed by atoms with van der Waals surface area (Å²) in [5, 5.41) is 0.602. The lowest BCUT2D eigenvalue weighted by Crippen LogP contribution is -2.25. The molecule has 1 aromatic carbocycles. The molecule has 2 rings (SSSR count). The fraction of sp³-hybridized carbons (Fsp3) is 0.214. The van der Waals surface area contributed by atoms with Crippen LogP contribution in [0, 0.1) is 5.92 Å². The van der Waals surface area contributed by atoms with Gasteiger partial charge < -0.3 is 4.74 Å². The number of halogens is 1. The van der Waals surface area contributed by atoms with E-state index in [1.807, 2.05) is 0 Å². The number of ketones is 1. The summed E-state index contributed by atoms with van der Waals surface area (Å²) < 4.78 is 6.19. The van der Waals surface area contributed by atoms with Gasteiger partial charge in [0.2, 0.25) is 5.78 Å². The Hall–Kier alpha value is -2.14. The fourth-order valence-corrected chi connectivity index (χ4v) is 1.90. The van der Waals surface area contributed by atoms with Crippen molar-refractivity contribution >= 4 is 23.4 Å². The summed E-state index contributed by atoms with van der Waals surface area (Å²) >= 11 is 5.83. The molecular weight excluding hydrogens is 280 g/mol. The Morgan fingerprint density at radius 1 is 1.30 bits per heavy atom. The van der Waals surface area contributed by atoms with Gasteiger partial charge >= 0.3 is 5.97 Å². The highest BCUT2D eigenvalue weighted by Gasteiger charge is 2.27. The van der Waals surface area contributed by atoms with Crippen LogP contribution in [-0.4, -0.2) is 28.4 Å². The SMILES string of the molecule is COC(=O)C(C)C(=O)c1nccn1-c1ccc(Cl)cc1. The third kappa shape index (κ3) is 2.72. The van der Waals surface area contributed by atoms with Crippen molar-refractivity contribution in [3.05, 3.63) is 47.5 Å². The van der Waals surface area contributed by atoms with Crippen molar-refractivity contribution in [2.24, 2.45) is 5.92 Å². The van der Waals surface area contributed by atoms with E-state index in [0.29, 0.717) is 5.02 Å². The molecule has 0 spiro atoms. The Bertz CT molecular complexity index is 634. The van der Waals surface area contributed by atoms with E-state index in [4.69, 9.17) is 11.6 Å². The van der Waals surface area contributed by atoms with Crippen LogP contribution in [0.1, 0.15) is 17.5 Å². The minimum Gasteiger partial charge on any atom is -0.468 e. The predicted molar refractivity (Wildman–Crippen MR) is 74.1 cm³/mol. The highest BCUT2D eigenvalue weighted by Crippen LogP contribution is 2.17. The van der Waals surface area contributed by atoms with Gasteiger partial charge in [-0.15, -0.1) is 0 Å². The number of carbonyl (C=O) groups is 2. The smallest absolute Gasteiger partial charge is 0.316 e. The van der Waals surface area contributed by atoms with E-state index >= 15 is 0 Å². The van der Waals surface area contributed by atoms with Gasteiger partial charge in [0.05, 0.1) is 7.11 Å². The molecule has 0 amide bonds. The molecule has 104 valence electrons. The Morgan fingerprint density at radius 3 is 2.55 bits per heavy atom. The second-order valence-corrected chi connectivity index (χ2v) is 4.64. The maximum absolute atomic E-state index is 12.3. The first-order valence-electron chi connectivity index (χ1n) is 5.96. The van der Waals surface area contributed by atoms with Crippen LogP contribution in [0.3, 0.4) is 0 Å². The second-order valence-electron chi connectivity index (χ2n) is 4.21. The zero-order valence-corrected chi connectivity index (χ0v) is 11.8. The maximum Gasteiger partial charge on any atom is 0.316 e. The molecule has 0 radical (unpaired) electrons. The van der Waals surface area contributed by atoms with Crippen LogP contribution in [0.4, 0.5) is 0 Å². The van der Waals surface area contributed by atoms with Gasteiger partial charge in [0.25, 0.3) is 0 Å². The van der Waals surface area contributed by atoms with Gasteiger partial charge in [-0.3, -0.25) is 14.2 Å². The van der Waals surface area contributed by atoms with Gasteiger partial charge in [0.15, 0.2) is 5.82 Å². The third-order valence-corrected chi connectivity index (χ3v) is 3.17. The normalized spacial score (nSPS) is 11.9. The number of carbonyl (C=O) groups excluding carboxylic acids is 2. The number of hydrogen-bond acceptors (Lipinski definition) is 4. The van der Waals surface area contributed by atoms with Gasteiger partial charge in [-0.2, -0.15) is 0 Å². The van der Waals surface area contributed by atoms with Crippen LogP contribution < -0.4 is 0 Å². The number of esters is 1. The molecule has 1 atom stereocenters. The summed E-state index contributed by atoms with van der Waals surface area (Å²) in [4.78, 5) is 27.7. The molecule has 5 nitrogen and oxygen atoms in total. The van der Waals surface area contributed by atoms with Crippen molar-refractivity contribution in [2.75, 3.05) is 7.11 Å². The molecule has 6 heteroatoms. The number of nitrogens with zero attached hydrogens (tertiary/aromatic N) is 2. The van der Waals surface area contributed by atoms with E-state index < -0.39 is 17.7 Å². The van der Waals surface area contributed by atoms with Crippen molar-refractivity contribution in [1.82, 2.24) is 9.55 Å². The first-order chi connectivity index (χ1) is 9.54. The van der Waals surface area contributed by atoms with Gasteiger partial charge in [-0.05, 0) is 31.2 Å². The van der Waals surface area contributed by atoms with E-state index in [9.17, 15) is 9.59 Å². The second kappa shape index (κ2) is 5.88. The molecule has 0 saturated heterocycles. The zero-order chi connectivity index (χ0) is 14.7. The highest BCUT2D eigenvalue weighted by molar-refractivity contribution is 6.30. The van der Waals surface area contributed by atoms with E-state index in [1.165, 1.54) is 20.2 Å². The third-order valence-electron chi connectivity index (χ3n) is 2.91.